The van der Waals surface area contributed by atoms with E-state index in [0.717, 1.165) is 5.56 Å². The van der Waals surface area contributed by atoms with Crippen LogP contribution in [0, 0.1) is 6.92 Å². The lowest BCUT2D eigenvalue weighted by Crippen LogP contribution is -2.15. The van der Waals surface area contributed by atoms with Crippen molar-refractivity contribution in [2.75, 3.05) is 5.32 Å². The number of carbonyl (C=O) groups excluding carboxylic acids is 1. The zero-order valence-electron chi connectivity index (χ0n) is 11.0. The SMILES string of the molecule is Cc1ccc(NC(=O)c2ccc(Cl)c(Br)c2)c(C(=O)O)c1. The summed E-state index contributed by atoms with van der Waals surface area (Å²) in [5, 5.41) is 12.3. The lowest BCUT2D eigenvalue weighted by molar-refractivity contribution is 0.0698. The molecule has 21 heavy (non-hydrogen) atoms. The van der Waals surface area contributed by atoms with Gasteiger partial charge in [-0.2, -0.15) is 0 Å². The monoisotopic (exact) mass is 367 g/mol. The smallest absolute Gasteiger partial charge is 0.337 e. The molecule has 0 bridgehead atoms. The summed E-state index contributed by atoms with van der Waals surface area (Å²) in [5.41, 5.74) is 1.49. The lowest BCUT2D eigenvalue weighted by atomic mass is 10.1. The number of rotatable bonds is 3. The molecule has 2 N–H and O–H groups in total. The fraction of sp³-hybridized carbons (Fsp3) is 0.0667. The second kappa shape index (κ2) is 6.28. The summed E-state index contributed by atoms with van der Waals surface area (Å²) in [6, 6.07) is 9.55. The van der Waals surface area contributed by atoms with Gasteiger partial charge < -0.3 is 10.4 Å². The molecule has 0 fully saturated rings. The minimum atomic E-state index is -1.09. The first kappa shape index (κ1) is 15.5. The molecule has 1 amide bonds. The predicted molar refractivity (Wildman–Crippen MR) is 85.2 cm³/mol. The van der Waals surface area contributed by atoms with E-state index >= 15 is 0 Å². The first-order chi connectivity index (χ1) is 9.88. The molecule has 6 heteroatoms. The van der Waals surface area contributed by atoms with E-state index in [1.165, 1.54) is 6.07 Å². The highest BCUT2D eigenvalue weighted by Gasteiger charge is 2.14. The van der Waals surface area contributed by atoms with Gasteiger partial charge in [0, 0.05) is 10.0 Å². The number of benzene rings is 2. The quantitative estimate of drug-likeness (QED) is 0.846. The molecule has 2 aromatic carbocycles. The Morgan fingerprint density at radius 2 is 1.90 bits per heavy atom. The number of hydrogen-bond donors (Lipinski definition) is 2. The number of hydrogen-bond acceptors (Lipinski definition) is 2. The van der Waals surface area contributed by atoms with Crippen molar-refractivity contribution in [3.05, 3.63) is 62.6 Å². The molecule has 108 valence electrons. The number of carboxylic acids is 1. The van der Waals surface area contributed by atoms with Gasteiger partial charge in [-0.05, 0) is 53.2 Å². The van der Waals surface area contributed by atoms with Crippen LogP contribution < -0.4 is 5.32 Å². The van der Waals surface area contributed by atoms with Gasteiger partial charge in [-0.25, -0.2) is 4.79 Å². The Morgan fingerprint density at radius 1 is 1.19 bits per heavy atom. The van der Waals surface area contributed by atoms with Crippen molar-refractivity contribution in [1.29, 1.82) is 0 Å². The predicted octanol–water partition coefficient (Wildman–Crippen LogP) is 4.36. The summed E-state index contributed by atoms with van der Waals surface area (Å²) in [4.78, 5) is 23.4. The van der Waals surface area contributed by atoms with E-state index in [0.29, 0.717) is 15.1 Å². The van der Waals surface area contributed by atoms with Crippen LogP contribution in [0.1, 0.15) is 26.3 Å². The fourth-order valence-electron chi connectivity index (χ4n) is 1.78. The average Bonchev–Trinajstić information content (AvgIpc) is 2.43. The van der Waals surface area contributed by atoms with E-state index < -0.39 is 11.9 Å². The summed E-state index contributed by atoms with van der Waals surface area (Å²) in [6.07, 6.45) is 0. The third-order valence-electron chi connectivity index (χ3n) is 2.84. The van der Waals surface area contributed by atoms with Gasteiger partial charge in [0.05, 0.1) is 16.3 Å². The van der Waals surface area contributed by atoms with E-state index in [9.17, 15) is 14.7 Å². The van der Waals surface area contributed by atoms with Crippen LogP contribution in [0.15, 0.2) is 40.9 Å². The zero-order valence-corrected chi connectivity index (χ0v) is 13.3. The van der Waals surface area contributed by atoms with E-state index in [4.69, 9.17) is 11.6 Å². The highest BCUT2D eigenvalue weighted by molar-refractivity contribution is 9.10. The molecular weight excluding hydrogens is 358 g/mol. The van der Waals surface area contributed by atoms with Crippen molar-refractivity contribution in [2.45, 2.75) is 6.92 Å². The molecule has 0 aliphatic carbocycles. The summed E-state index contributed by atoms with van der Waals surface area (Å²) >= 11 is 9.11. The molecular formula is C15H11BrClNO3. The maximum Gasteiger partial charge on any atom is 0.337 e. The molecule has 0 spiro atoms. The number of anilines is 1. The topological polar surface area (TPSA) is 66.4 Å². The molecule has 0 radical (unpaired) electrons. The molecule has 0 saturated carbocycles. The van der Waals surface area contributed by atoms with Gasteiger partial charge in [0.2, 0.25) is 0 Å². The van der Waals surface area contributed by atoms with Crippen LogP contribution in [0.5, 0.6) is 0 Å². The third-order valence-corrected chi connectivity index (χ3v) is 4.05. The second-order valence-corrected chi connectivity index (χ2v) is 5.70. The van der Waals surface area contributed by atoms with Crippen molar-refractivity contribution >= 4 is 45.1 Å². The normalized spacial score (nSPS) is 10.2. The van der Waals surface area contributed by atoms with E-state index in [-0.39, 0.29) is 11.3 Å². The first-order valence-corrected chi connectivity index (χ1v) is 7.16. The Hall–Kier alpha value is -1.85. The molecule has 2 rings (SSSR count). The first-order valence-electron chi connectivity index (χ1n) is 5.99. The molecule has 0 aromatic heterocycles. The van der Waals surface area contributed by atoms with Crippen molar-refractivity contribution in [1.82, 2.24) is 0 Å². The number of amides is 1. The molecule has 0 aliphatic rings. The molecule has 0 unspecified atom stereocenters. The van der Waals surface area contributed by atoms with Gasteiger partial charge in [-0.1, -0.05) is 23.2 Å². The van der Waals surface area contributed by atoms with Crippen LogP contribution >= 0.6 is 27.5 Å². The Labute approximate surface area is 134 Å². The molecule has 0 aliphatic heterocycles. The maximum absolute atomic E-state index is 12.2. The van der Waals surface area contributed by atoms with Crippen molar-refractivity contribution in [2.24, 2.45) is 0 Å². The molecule has 0 atom stereocenters. The van der Waals surface area contributed by atoms with Gasteiger partial charge in [-0.15, -0.1) is 0 Å². The number of carboxylic acid groups (broad SMARTS) is 1. The zero-order chi connectivity index (χ0) is 15.6. The Bertz CT molecular complexity index is 731. The van der Waals surface area contributed by atoms with Crippen LogP contribution in [-0.2, 0) is 0 Å². The highest BCUT2D eigenvalue weighted by atomic mass is 79.9. The van der Waals surface area contributed by atoms with Crippen LogP contribution in [0.25, 0.3) is 0 Å². The number of nitrogens with one attached hydrogen (secondary N) is 1. The standard InChI is InChI=1S/C15H11BrClNO3/c1-8-2-5-13(10(6-8)15(20)21)18-14(19)9-3-4-12(17)11(16)7-9/h2-7H,1H3,(H,18,19)(H,20,21). The van der Waals surface area contributed by atoms with Gasteiger partial charge in [0.1, 0.15) is 0 Å². The van der Waals surface area contributed by atoms with Gasteiger partial charge in [-0.3, -0.25) is 4.79 Å². The fourth-order valence-corrected chi connectivity index (χ4v) is 2.27. The lowest BCUT2D eigenvalue weighted by Gasteiger charge is -2.10. The molecule has 2 aromatic rings. The summed E-state index contributed by atoms with van der Waals surface area (Å²) in [7, 11) is 0. The van der Waals surface area contributed by atoms with Crippen molar-refractivity contribution in [3.8, 4) is 0 Å². The Kier molecular flexibility index (Phi) is 4.65. The Morgan fingerprint density at radius 3 is 2.52 bits per heavy atom. The van der Waals surface area contributed by atoms with E-state index in [2.05, 4.69) is 21.2 Å². The van der Waals surface area contributed by atoms with Crippen LogP contribution in [0.2, 0.25) is 5.02 Å². The summed E-state index contributed by atoms with van der Waals surface area (Å²) in [5.74, 6) is -1.50. The van der Waals surface area contributed by atoms with Gasteiger partial charge >= 0.3 is 5.97 Å². The van der Waals surface area contributed by atoms with Crippen molar-refractivity contribution < 1.29 is 14.7 Å². The van der Waals surface area contributed by atoms with E-state index in [1.54, 1.807) is 37.3 Å². The number of halogens is 2. The molecule has 0 heterocycles. The Balaban J connectivity index is 2.31. The van der Waals surface area contributed by atoms with Crippen LogP contribution in [-0.4, -0.2) is 17.0 Å². The minimum Gasteiger partial charge on any atom is -0.478 e. The number of aromatic carboxylic acids is 1. The average molecular weight is 369 g/mol. The molecule has 4 nitrogen and oxygen atoms in total. The third kappa shape index (κ3) is 3.62. The maximum atomic E-state index is 12.2. The van der Waals surface area contributed by atoms with Crippen molar-refractivity contribution in [3.63, 3.8) is 0 Å². The highest BCUT2D eigenvalue weighted by Crippen LogP contribution is 2.24. The largest absolute Gasteiger partial charge is 0.478 e. The summed E-state index contributed by atoms with van der Waals surface area (Å²) in [6.45, 7) is 1.79. The van der Waals surface area contributed by atoms with Gasteiger partial charge in [0.15, 0.2) is 0 Å². The summed E-state index contributed by atoms with van der Waals surface area (Å²) < 4.78 is 0.596. The van der Waals surface area contributed by atoms with Crippen LogP contribution in [0.4, 0.5) is 5.69 Å². The second-order valence-electron chi connectivity index (χ2n) is 4.44. The van der Waals surface area contributed by atoms with Crippen LogP contribution in [0.3, 0.4) is 0 Å². The number of carbonyl (C=O) groups is 2. The number of aryl methyl sites for hydroxylation is 1. The minimum absolute atomic E-state index is 0.0522. The van der Waals surface area contributed by atoms with Gasteiger partial charge in [0.25, 0.3) is 5.91 Å². The van der Waals surface area contributed by atoms with E-state index in [1.807, 2.05) is 0 Å². The molecule has 0 saturated heterocycles.